The maximum Gasteiger partial charge on any atom is 0.417 e. The summed E-state index contributed by atoms with van der Waals surface area (Å²) in [6, 6.07) is 10.6. The van der Waals surface area contributed by atoms with Gasteiger partial charge in [0.25, 0.3) is 5.91 Å². The molecule has 3 aromatic rings. The molecule has 2 N–H and O–H groups in total. The molecule has 2 amide bonds. The van der Waals surface area contributed by atoms with Gasteiger partial charge in [0.1, 0.15) is 11.6 Å². The van der Waals surface area contributed by atoms with Crippen LogP contribution in [0.2, 0.25) is 0 Å². The van der Waals surface area contributed by atoms with Crippen LogP contribution in [0.25, 0.3) is 5.82 Å². The third-order valence-corrected chi connectivity index (χ3v) is 4.69. The van der Waals surface area contributed by atoms with E-state index in [0.29, 0.717) is 36.2 Å². The number of hydrogen-bond donors (Lipinski definition) is 2. The highest BCUT2D eigenvalue weighted by atomic mass is 19.4. The van der Waals surface area contributed by atoms with Gasteiger partial charge in [0.15, 0.2) is 5.82 Å². The van der Waals surface area contributed by atoms with Crippen molar-refractivity contribution in [2.75, 3.05) is 18.5 Å². The molecule has 0 unspecified atom stereocenters. The van der Waals surface area contributed by atoms with E-state index in [1.54, 1.807) is 37.3 Å². The summed E-state index contributed by atoms with van der Waals surface area (Å²) in [6.07, 6.45) is -3.30. The highest BCUT2D eigenvalue weighted by molar-refractivity contribution is 5.97. The molecule has 0 aliphatic rings. The van der Waals surface area contributed by atoms with E-state index >= 15 is 0 Å². The number of carbonyl (C=O) groups is 2. The molecule has 0 aliphatic heterocycles. The lowest BCUT2D eigenvalue weighted by atomic mass is 10.2. The summed E-state index contributed by atoms with van der Waals surface area (Å²) in [5.41, 5.74) is 0.0890. The molecule has 0 radical (unpaired) electrons. The molecule has 180 valence electrons. The van der Waals surface area contributed by atoms with Crippen LogP contribution in [0, 0.1) is 6.92 Å². The number of para-hydroxylation sites is 1. The van der Waals surface area contributed by atoms with Crippen molar-refractivity contribution in [3.05, 3.63) is 65.5 Å². The minimum absolute atomic E-state index is 0.109. The van der Waals surface area contributed by atoms with Crippen LogP contribution in [0.3, 0.4) is 0 Å². The lowest BCUT2D eigenvalue weighted by Gasteiger charge is -2.11. The summed E-state index contributed by atoms with van der Waals surface area (Å²) in [4.78, 5) is 28.6. The van der Waals surface area contributed by atoms with E-state index in [1.807, 2.05) is 6.92 Å². The standard InChI is InChI=1S/C23H24F3N5O3/c1-3-34-18-8-5-4-7-17(18)22(33)27-12-6-9-21(32)29-20-13-15(2)30-31(20)19-11-10-16(14-28-19)23(24,25)26/h4-5,7-8,10-11,13-14H,3,6,9,12H2,1-2H3,(H,27,33)(H,29,32). The Bertz CT molecular complexity index is 1140. The smallest absolute Gasteiger partial charge is 0.417 e. The second-order valence-electron chi connectivity index (χ2n) is 7.32. The molecular formula is C23H24F3N5O3. The van der Waals surface area contributed by atoms with E-state index in [2.05, 4.69) is 20.7 Å². The molecule has 0 spiro atoms. The molecule has 1 aromatic carbocycles. The lowest BCUT2D eigenvalue weighted by molar-refractivity contribution is -0.137. The number of nitrogens with one attached hydrogen (secondary N) is 2. The average molecular weight is 475 g/mol. The van der Waals surface area contributed by atoms with E-state index < -0.39 is 11.7 Å². The van der Waals surface area contributed by atoms with E-state index in [4.69, 9.17) is 4.74 Å². The molecule has 0 saturated carbocycles. The summed E-state index contributed by atoms with van der Waals surface area (Å²) in [6.45, 7) is 4.22. The third-order valence-electron chi connectivity index (χ3n) is 4.69. The Morgan fingerprint density at radius 2 is 1.91 bits per heavy atom. The zero-order chi connectivity index (χ0) is 24.7. The molecule has 8 nitrogen and oxygen atoms in total. The Morgan fingerprint density at radius 1 is 1.15 bits per heavy atom. The SMILES string of the molecule is CCOc1ccccc1C(=O)NCCCC(=O)Nc1cc(C)nn1-c1ccc(C(F)(F)F)cn1. The maximum absolute atomic E-state index is 12.8. The topological polar surface area (TPSA) is 98.1 Å². The van der Waals surface area contributed by atoms with Crippen LogP contribution in [0.1, 0.15) is 41.4 Å². The Morgan fingerprint density at radius 3 is 2.59 bits per heavy atom. The Balaban J connectivity index is 1.55. The van der Waals surface area contributed by atoms with Crippen molar-refractivity contribution in [1.29, 1.82) is 0 Å². The maximum atomic E-state index is 12.8. The van der Waals surface area contributed by atoms with Crippen LogP contribution in [-0.2, 0) is 11.0 Å². The molecule has 0 fully saturated rings. The zero-order valence-electron chi connectivity index (χ0n) is 18.6. The Labute approximate surface area is 194 Å². The van der Waals surface area contributed by atoms with Crippen molar-refractivity contribution in [3.8, 4) is 11.6 Å². The molecule has 0 aliphatic carbocycles. The van der Waals surface area contributed by atoms with Crippen molar-refractivity contribution in [3.63, 3.8) is 0 Å². The number of aromatic nitrogens is 3. The number of nitrogens with zero attached hydrogens (tertiary/aromatic N) is 3. The molecule has 3 rings (SSSR count). The highest BCUT2D eigenvalue weighted by Gasteiger charge is 2.30. The van der Waals surface area contributed by atoms with Crippen molar-refractivity contribution < 1.29 is 27.5 Å². The number of rotatable bonds is 9. The number of carbonyl (C=O) groups excluding carboxylic acids is 2. The fourth-order valence-corrected chi connectivity index (χ4v) is 3.13. The van der Waals surface area contributed by atoms with Gasteiger partial charge in [-0.2, -0.15) is 23.0 Å². The first kappa shape index (κ1) is 24.7. The van der Waals surface area contributed by atoms with Gasteiger partial charge in [-0.3, -0.25) is 9.59 Å². The summed E-state index contributed by atoms with van der Waals surface area (Å²) in [5.74, 6) is 0.269. The van der Waals surface area contributed by atoms with Gasteiger partial charge in [0, 0.05) is 25.2 Å². The molecule has 0 bridgehead atoms. The highest BCUT2D eigenvalue weighted by Crippen LogP contribution is 2.29. The molecule has 0 atom stereocenters. The van der Waals surface area contributed by atoms with Gasteiger partial charge in [0.05, 0.1) is 23.4 Å². The Kier molecular flexibility index (Phi) is 7.87. The minimum Gasteiger partial charge on any atom is -0.493 e. The molecular weight excluding hydrogens is 451 g/mol. The van der Waals surface area contributed by atoms with Gasteiger partial charge in [0.2, 0.25) is 5.91 Å². The molecule has 11 heteroatoms. The largest absolute Gasteiger partial charge is 0.493 e. The van der Waals surface area contributed by atoms with Crippen molar-refractivity contribution in [2.24, 2.45) is 0 Å². The predicted molar refractivity (Wildman–Crippen MR) is 119 cm³/mol. The number of anilines is 1. The Hall–Kier alpha value is -3.89. The zero-order valence-corrected chi connectivity index (χ0v) is 18.6. The van der Waals surface area contributed by atoms with Crippen LogP contribution in [0.4, 0.5) is 19.0 Å². The summed E-state index contributed by atoms with van der Waals surface area (Å²) >= 11 is 0. The average Bonchev–Trinajstić information content (AvgIpc) is 3.16. The number of hydrogen-bond acceptors (Lipinski definition) is 5. The van der Waals surface area contributed by atoms with Gasteiger partial charge in [-0.25, -0.2) is 4.98 Å². The molecule has 0 saturated heterocycles. The summed E-state index contributed by atoms with van der Waals surface area (Å²) in [5, 5.41) is 9.64. The van der Waals surface area contributed by atoms with Crippen LogP contribution in [0.5, 0.6) is 5.75 Å². The van der Waals surface area contributed by atoms with Gasteiger partial charge in [-0.1, -0.05) is 12.1 Å². The van der Waals surface area contributed by atoms with E-state index in [0.717, 1.165) is 6.07 Å². The first-order valence-corrected chi connectivity index (χ1v) is 10.6. The monoisotopic (exact) mass is 475 g/mol. The first-order chi connectivity index (χ1) is 16.2. The van der Waals surface area contributed by atoms with Gasteiger partial charge in [-0.05, 0) is 44.5 Å². The van der Waals surface area contributed by atoms with E-state index in [-0.39, 0.29) is 36.4 Å². The second kappa shape index (κ2) is 10.8. The molecule has 2 aromatic heterocycles. The van der Waals surface area contributed by atoms with Crippen LogP contribution in [0.15, 0.2) is 48.7 Å². The number of pyridine rings is 1. The van der Waals surface area contributed by atoms with Crippen molar-refractivity contribution in [1.82, 2.24) is 20.1 Å². The quantitative estimate of drug-likeness (QED) is 0.454. The number of aryl methyl sites for hydroxylation is 1. The normalized spacial score (nSPS) is 11.2. The molecule has 2 heterocycles. The number of halogens is 3. The van der Waals surface area contributed by atoms with Gasteiger partial charge in [-0.15, -0.1) is 0 Å². The van der Waals surface area contributed by atoms with E-state index in [9.17, 15) is 22.8 Å². The fourth-order valence-electron chi connectivity index (χ4n) is 3.13. The van der Waals surface area contributed by atoms with Gasteiger partial charge < -0.3 is 15.4 Å². The minimum atomic E-state index is -4.50. The number of ether oxygens (including phenoxy) is 1. The van der Waals surface area contributed by atoms with Gasteiger partial charge >= 0.3 is 6.18 Å². The van der Waals surface area contributed by atoms with Crippen LogP contribution in [-0.4, -0.2) is 39.7 Å². The van der Waals surface area contributed by atoms with Crippen molar-refractivity contribution >= 4 is 17.6 Å². The van der Waals surface area contributed by atoms with Crippen LogP contribution < -0.4 is 15.4 Å². The van der Waals surface area contributed by atoms with E-state index in [1.165, 1.54) is 10.7 Å². The predicted octanol–water partition coefficient (Wildman–Crippen LogP) is 4.14. The fraction of sp³-hybridized carbons (Fsp3) is 0.304. The second-order valence-corrected chi connectivity index (χ2v) is 7.32. The summed E-state index contributed by atoms with van der Waals surface area (Å²) < 4.78 is 45.0. The van der Waals surface area contributed by atoms with Crippen molar-refractivity contribution in [2.45, 2.75) is 32.9 Å². The number of alkyl halides is 3. The lowest BCUT2D eigenvalue weighted by Crippen LogP contribution is -2.26. The number of amides is 2. The third kappa shape index (κ3) is 6.33. The molecule has 34 heavy (non-hydrogen) atoms. The van der Waals surface area contributed by atoms with Crippen LogP contribution >= 0.6 is 0 Å². The first-order valence-electron chi connectivity index (χ1n) is 10.6. The summed E-state index contributed by atoms with van der Waals surface area (Å²) in [7, 11) is 0. The number of benzene rings is 1.